The van der Waals surface area contributed by atoms with Crippen LogP contribution in [0.5, 0.6) is 11.5 Å². The lowest BCUT2D eigenvalue weighted by atomic mass is 9.65. The smallest absolute Gasteiger partial charge is 0.134 e. The summed E-state index contributed by atoms with van der Waals surface area (Å²) >= 11 is 0. The molecule has 1 aromatic carbocycles. The molecule has 1 aromatic rings. The standard InChI is InChI=1S/C15H18O3/c1-9-4-13-11(5-12(9)17)15(8-18-13)7-10(16)6-14(15,2)3/h4-5,17H,6-8H2,1-3H3. The number of aromatic hydroxyl groups is 1. The maximum Gasteiger partial charge on any atom is 0.134 e. The number of hydrogen-bond donors (Lipinski definition) is 1. The molecule has 18 heavy (non-hydrogen) atoms. The van der Waals surface area contributed by atoms with E-state index in [1.165, 1.54) is 0 Å². The molecule has 3 nitrogen and oxygen atoms in total. The predicted molar refractivity (Wildman–Crippen MR) is 68.0 cm³/mol. The highest BCUT2D eigenvalue weighted by Gasteiger charge is 2.57. The number of phenols is 1. The maximum atomic E-state index is 11.9. The average Bonchev–Trinajstić information content (AvgIpc) is 2.69. The lowest BCUT2D eigenvalue weighted by Crippen LogP contribution is -2.38. The number of aryl methyl sites for hydroxylation is 1. The molecule has 1 heterocycles. The van der Waals surface area contributed by atoms with E-state index >= 15 is 0 Å². The quantitative estimate of drug-likeness (QED) is 0.765. The van der Waals surface area contributed by atoms with Crippen molar-refractivity contribution < 1.29 is 14.6 Å². The van der Waals surface area contributed by atoms with E-state index in [4.69, 9.17) is 4.74 Å². The van der Waals surface area contributed by atoms with E-state index in [1.807, 2.05) is 13.0 Å². The first kappa shape index (κ1) is 11.6. The zero-order chi connectivity index (χ0) is 13.1. The highest BCUT2D eigenvalue weighted by Crippen LogP contribution is 2.58. The van der Waals surface area contributed by atoms with Crippen molar-refractivity contribution in [3.8, 4) is 11.5 Å². The molecule has 1 N–H and O–H groups in total. The molecule has 1 aliphatic heterocycles. The van der Waals surface area contributed by atoms with Crippen LogP contribution in [0.15, 0.2) is 12.1 Å². The molecule has 2 aliphatic rings. The summed E-state index contributed by atoms with van der Waals surface area (Å²) in [5.41, 5.74) is 1.44. The minimum absolute atomic E-state index is 0.114. The van der Waals surface area contributed by atoms with Gasteiger partial charge in [0.1, 0.15) is 17.3 Å². The van der Waals surface area contributed by atoms with Gasteiger partial charge in [0.25, 0.3) is 0 Å². The van der Waals surface area contributed by atoms with E-state index in [2.05, 4.69) is 13.8 Å². The normalized spacial score (nSPS) is 28.5. The molecular weight excluding hydrogens is 228 g/mol. The van der Waals surface area contributed by atoms with Gasteiger partial charge < -0.3 is 9.84 Å². The number of ether oxygens (including phenoxy) is 1. The van der Waals surface area contributed by atoms with Gasteiger partial charge in [0.05, 0.1) is 6.61 Å². The third kappa shape index (κ3) is 1.27. The van der Waals surface area contributed by atoms with Gasteiger partial charge >= 0.3 is 0 Å². The molecule has 3 heteroatoms. The van der Waals surface area contributed by atoms with Gasteiger partial charge in [0.2, 0.25) is 0 Å². The molecular formula is C15H18O3. The molecule has 0 bridgehead atoms. The van der Waals surface area contributed by atoms with E-state index < -0.39 is 0 Å². The van der Waals surface area contributed by atoms with Crippen LogP contribution in [0.25, 0.3) is 0 Å². The van der Waals surface area contributed by atoms with Crippen molar-refractivity contribution in [2.45, 2.75) is 39.0 Å². The fraction of sp³-hybridized carbons (Fsp3) is 0.533. The number of carbonyl (C=O) groups excluding carboxylic acids is 1. The Hall–Kier alpha value is -1.51. The van der Waals surface area contributed by atoms with Crippen LogP contribution in [-0.2, 0) is 10.2 Å². The molecule has 1 fully saturated rings. The summed E-state index contributed by atoms with van der Waals surface area (Å²) in [5, 5.41) is 9.92. The Bertz CT molecular complexity index is 545. The Morgan fingerprint density at radius 3 is 2.61 bits per heavy atom. The molecule has 0 saturated heterocycles. The average molecular weight is 246 g/mol. The topological polar surface area (TPSA) is 46.5 Å². The van der Waals surface area contributed by atoms with Crippen LogP contribution < -0.4 is 4.74 Å². The molecule has 1 atom stereocenters. The Balaban J connectivity index is 2.20. The molecule has 0 radical (unpaired) electrons. The Morgan fingerprint density at radius 2 is 2.00 bits per heavy atom. The summed E-state index contributed by atoms with van der Waals surface area (Å²) in [5.74, 6) is 1.40. The highest BCUT2D eigenvalue weighted by atomic mass is 16.5. The number of benzene rings is 1. The first-order chi connectivity index (χ1) is 8.36. The molecule has 0 amide bonds. The van der Waals surface area contributed by atoms with Crippen molar-refractivity contribution in [2.24, 2.45) is 5.41 Å². The summed E-state index contributed by atoms with van der Waals surface area (Å²) < 4.78 is 5.79. The molecule has 1 unspecified atom stereocenters. The highest BCUT2D eigenvalue weighted by molar-refractivity contribution is 5.85. The monoisotopic (exact) mass is 246 g/mol. The van der Waals surface area contributed by atoms with Gasteiger partial charge in [-0.15, -0.1) is 0 Å². The second-order valence-electron chi connectivity index (χ2n) is 6.28. The lowest BCUT2D eigenvalue weighted by molar-refractivity contribution is -0.118. The second-order valence-corrected chi connectivity index (χ2v) is 6.28. The van der Waals surface area contributed by atoms with Crippen LogP contribution in [0.2, 0.25) is 0 Å². The molecule has 0 aromatic heterocycles. The van der Waals surface area contributed by atoms with E-state index in [1.54, 1.807) is 6.07 Å². The largest absolute Gasteiger partial charge is 0.508 e. The van der Waals surface area contributed by atoms with Crippen molar-refractivity contribution in [3.05, 3.63) is 23.3 Å². The van der Waals surface area contributed by atoms with Crippen molar-refractivity contribution in [3.63, 3.8) is 0 Å². The number of hydrogen-bond acceptors (Lipinski definition) is 3. The number of fused-ring (bicyclic) bond motifs is 2. The maximum absolute atomic E-state index is 11.9. The molecule has 1 aliphatic carbocycles. The minimum atomic E-state index is -0.259. The number of phenolic OH excluding ortho intramolecular Hbond substituents is 1. The summed E-state index contributed by atoms with van der Waals surface area (Å²) in [6.07, 6.45) is 1.11. The summed E-state index contributed by atoms with van der Waals surface area (Å²) in [4.78, 5) is 11.9. The van der Waals surface area contributed by atoms with E-state index in [-0.39, 0.29) is 22.4 Å². The molecule has 1 spiro atoms. The first-order valence-corrected chi connectivity index (χ1v) is 6.34. The molecule has 3 rings (SSSR count). The SMILES string of the molecule is Cc1cc2c(cc1O)C1(CO2)CC(=O)CC1(C)C. The molecule has 1 saturated carbocycles. The van der Waals surface area contributed by atoms with E-state index in [9.17, 15) is 9.90 Å². The van der Waals surface area contributed by atoms with Crippen LogP contribution in [0, 0.1) is 12.3 Å². The van der Waals surface area contributed by atoms with Gasteiger partial charge in [-0.05, 0) is 30.0 Å². The van der Waals surface area contributed by atoms with Gasteiger partial charge in [0.15, 0.2) is 0 Å². The van der Waals surface area contributed by atoms with Crippen molar-refractivity contribution in [1.29, 1.82) is 0 Å². The number of rotatable bonds is 0. The Morgan fingerprint density at radius 1 is 1.28 bits per heavy atom. The van der Waals surface area contributed by atoms with Gasteiger partial charge in [-0.1, -0.05) is 13.8 Å². The zero-order valence-corrected chi connectivity index (χ0v) is 11.0. The first-order valence-electron chi connectivity index (χ1n) is 6.34. The third-order valence-electron chi connectivity index (χ3n) is 4.72. The van der Waals surface area contributed by atoms with Crippen LogP contribution in [0.4, 0.5) is 0 Å². The van der Waals surface area contributed by atoms with Crippen molar-refractivity contribution in [1.82, 2.24) is 0 Å². The number of carbonyl (C=O) groups is 1. The molecule has 96 valence electrons. The van der Waals surface area contributed by atoms with E-state index in [0.29, 0.717) is 19.4 Å². The fourth-order valence-electron chi connectivity index (χ4n) is 3.45. The predicted octanol–water partition coefficient (Wildman–Crippen LogP) is 2.72. The summed E-state index contributed by atoms with van der Waals surface area (Å²) in [7, 11) is 0. The van der Waals surface area contributed by atoms with Crippen LogP contribution in [0.3, 0.4) is 0 Å². The lowest BCUT2D eigenvalue weighted by Gasteiger charge is -2.36. The van der Waals surface area contributed by atoms with E-state index in [0.717, 1.165) is 16.9 Å². The van der Waals surface area contributed by atoms with Crippen LogP contribution in [0.1, 0.15) is 37.8 Å². The second kappa shape index (κ2) is 3.28. The van der Waals surface area contributed by atoms with Gasteiger partial charge in [-0.2, -0.15) is 0 Å². The van der Waals surface area contributed by atoms with Crippen LogP contribution in [-0.4, -0.2) is 17.5 Å². The Kier molecular flexibility index (Phi) is 2.11. The van der Waals surface area contributed by atoms with Gasteiger partial charge in [-0.3, -0.25) is 4.79 Å². The number of Topliss-reactive ketones (excluding diaryl/α,β-unsaturated/α-hetero) is 1. The fourth-order valence-corrected chi connectivity index (χ4v) is 3.45. The zero-order valence-electron chi connectivity index (χ0n) is 11.0. The third-order valence-corrected chi connectivity index (χ3v) is 4.72. The van der Waals surface area contributed by atoms with Gasteiger partial charge in [-0.25, -0.2) is 0 Å². The number of ketones is 1. The summed E-state index contributed by atoms with van der Waals surface area (Å²) in [6, 6.07) is 3.66. The van der Waals surface area contributed by atoms with Crippen molar-refractivity contribution in [2.75, 3.05) is 6.61 Å². The van der Waals surface area contributed by atoms with Crippen LogP contribution >= 0.6 is 0 Å². The minimum Gasteiger partial charge on any atom is -0.508 e. The van der Waals surface area contributed by atoms with Crippen molar-refractivity contribution >= 4 is 5.78 Å². The summed E-state index contributed by atoms with van der Waals surface area (Å²) in [6.45, 7) is 6.64. The van der Waals surface area contributed by atoms with Gasteiger partial charge in [0, 0.05) is 23.8 Å². The Labute approximate surface area is 107 Å².